The molecule has 1 fully saturated rings. The lowest BCUT2D eigenvalue weighted by atomic mass is 9.98. The highest BCUT2D eigenvalue weighted by Crippen LogP contribution is 2.26. The van der Waals surface area contributed by atoms with Crippen molar-refractivity contribution in [1.29, 1.82) is 0 Å². The van der Waals surface area contributed by atoms with Crippen LogP contribution >= 0.6 is 0 Å². The van der Waals surface area contributed by atoms with E-state index in [-0.39, 0.29) is 13.2 Å². The number of hydrogen-bond acceptors (Lipinski definition) is 6. The standard InChI is InChI=1S/C20H24O6/c21-11-16-17(22)18(24-12-14-7-3-1-4-8-14)19(20(23)26-16)25-13-15-9-5-2-6-10-15/h1-10,16-23H,11-13H2/t16-,17-,18+,19-,20+/m0/s1. The largest absolute Gasteiger partial charge is 0.394 e. The van der Waals surface area contributed by atoms with Crippen LogP contribution in [0.2, 0.25) is 0 Å². The summed E-state index contributed by atoms with van der Waals surface area (Å²) in [6.45, 7) is 0.0705. The third-order valence-corrected chi connectivity index (χ3v) is 4.39. The Morgan fingerprint density at radius 3 is 1.77 bits per heavy atom. The molecule has 0 amide bonds. The normalized spacial score (nSPS) is 28.8. The summed E-state index contributed by atoms with van der Waals surface area (Å²) in [6, 6.07) is 19.0. The SMILES string of the molecule is OC[C@@H]1O[C@@H](O)[C@@H](OCc2ccccc2)[C@H](OCc2ccccc2)[C@H]1O. The Balaban J connectivity index is 1.69. The second kappa shape index (κ2) is 9.23. The fourth-order valence-electron chi connectivity index (χ4n) is 2.96. The third kappa shape index (κ3) is 4.67. The molecule has 2 aromatic carbocycles. The molecule has 1 aliphatic rings. The van der Waals surface area contributed by atoms with Crippen LogP contribution < -0.4 is 0 Å². The van der Waals surface area contributed by atoms with Crippen LogP contribution in [-0.2, 0) is 27.4 Å². The summed E-state index contributed by atoms with van der Waals surface area (Å²) >= 11 is 0. The van der Waals surface area contributed by atoms with Gasteiger partial charge in [0, 0.05) is 0 Å². The first kappa shape index (κ1) is 19.0. The average molecular weight is 360 g/mol. The number of ether oxygens (including phenoxy) is 3. The number of rotatable bonds is 7. The van der Waals surface area contributed by atoms with Crippen LogP contribution in [0.4, 0.5) is 0 Å². The molecule has 140 valence electrons. The summed E-state index contributed by atoms with van der Waals surface area (Å²) in [4.78, 5) is 0. The van der Waals surface area contributed by atoms with E-state index in [1.54, 1.807) is 0 Å². The molecule has 0 radical (unpaired) electrons. The van der Waals surface area contributed by atoms with Gasteiger partial charge in [0.05, 0.1) is 19.8 Å². The minimum Gasteiger partial charge on any atom is -0.394 e. The van der Waals surface area contributed by atoms with Crippen LogP contribution in [0, 0.1) is 0 Å². The van der Waals surface area contributed by atoms with E-state index in [2.05, 4.69) is 0 Å². The third-order valence-electron chi connectivity index (χ3n) is 4.39. The monoisotopic (exact) mass is 360 g/mol. The van der Waals surface area contributed by atoms with Crippen LogP contribution in [0.1, 0.15) is 11.1 Å². The predicted molar refractivity (Wildman–Crippen MR) is 94.0 cm³/mol. The zero-order chi connectivity index (χ0) is 18.4. The molecule has 3 N–H and O–H groups in total. The Morgan fingerprint density at radius 1 is 0.769 bits per heavy atom. The summed E-state index contributed by atoms with van der Waals surface area (Å²) in [5.41, 5.74) is 1.86. The van der Waals surface area contributed by atoms with Gasteiger partial charge in [-0.25, -0.2) is 0 Å². The zero-order valence-corrected chi connectivity index (χ0v) is 14.3. The lowest BCUT2D eigenvalue weighted by molar-refractivity contribution is -0.307. The molecule has 1 saturated heterocycles. The minimum atomic E-state index is -1.31. The van der Waals surface area contributed by atoms with Crippen LogP contribution in [0.5, 0.6) is 0 Å². The quantitative estimate of drug-likeness (QED) is 0.688. The summed E-state index contributed by atoms with van der Waals surface area (Å²) in [5.74, 6) is 0. The summed E-state index contributed by atoms with van der Waals surface area (Å²) < 4.78 is 16.9. The molecule has 3 rings (SSSR count). The molecule has 0 unspecified atom stereocenters. The minimum absolute atomic E-state index is 0.244. The van der Waals surface area contributed by atoms with Gasteiger partial charge in [-0.2, -0.15) is 0 Å². The van der Waals surface area contributed by atoms with Crippen molar-refractivity contribution >= 4 is 0 Å². The first-order valence-electron chi connectivity index (χ1n) is 8.62. The van der Waals surface area contributed by atoms with Crippen molar-refractivity contribution in [1.82, 2.24) is 0 Å². The van der Waals surface area contributed by atoms with E-state index >= 15 is 0 Å². The lowest BCUT2D eigenvalue weighted by Gasteiger charge is -2.42. The van der Waals surface area contributed by atoms with E-state index in [0.29, 0.717) is 0 Å². The Hall–Kier alpha value is -1.80. The Labute approximate surface area is 152 Å². The molecule has 26 heavy (non-hydrogen) atoms. The van der Waals surface area contributed by atoms with Crippen LogP contribution in [0.25, 0.3) is 0 Å². The second-order valence-electron chi connectivity index (χ2n) is 6.26. The van der Waals surface area contributed by atoms with Gasteiger partial charge in [-0.05, 0) is 11.1 Å². The zero-order valence-electron chi connectivity index (χ0n) is 14.3. The van der Waals surface area contributed by atoms with Gasteiger partial charge in [0.1, 0.15) is 24.4 Å². The predicted octanol–water partition coefficient (Wildman–Crippen LogP) is 1.23. The molecule has 6 heteroatoms. The van der Waals surface area contributed by atoms with E-state index in [4.69, 9.17) is 14.2 Å². The van der Waals surface area contributed by atoms with Gasteiger partial charge in [-0.15, -0.1) is 0 Å². The topological polar surface area (TPSA) is 88.4 Å². The first-order chi connectivity index (χ1) is 12.7. The van der Waals surface area contributed by atoms with Crippen molar-refractivity contribution < 1.29 is 29.5 Å². The molecule has 2 aromatic rings. The van der Waals surface area contributed by atoms with Crippen molar-refractivity contribution in [3.63, 3.8) is 0 Å². The van der Waals surface area contributed by atoms with Crippen molar-refractivity contribution in [3.05, 3.63) is 71.8 Å². The molecular weight excluding hydrogens is 336 g/mol. The fourth-order valence-corrected chi connectivity index (χ4v) is 2.96. The molecular formula is C20H24O6. The molecule has 0 saturated carbocycles. The van der Waals surface area contributed by atoms with Gasteiger partial charge in [0.25, 0.3) is 0 Å². The van der Waals surface area contributed by atoms with Crippen molar-refractivity contribution in [2.75, 3.05) is 6.61 Å². The van der Waals surface area contributed by atoms with Gasteiger partial charge in [-0.1, -0.05) is 60.7 Å². The Bertz CT molecular complexity index is 650. The molecule has 1 aliphatic heterocycles. The van der Waals surface area contributed by atoms with E-state index in [0.717, 1.165) is 11.1 Å². The van der Waals surface area contributed by atoms with Gasteiger partial charge in [0.15, 0.2) is 6.29 Å². The maximum absolute atomic E-state index is 10.5. The molecule has 0 spiro atoms. The highest BCUT2D eigenvalue weighted by Gasteiger charge is 2.46. The lowest BCUT2D eigenvalue weighted by Crippen LogP contribution is -2.60. The van der Waals surface area contributed by atoms with E-state index in [1.807, 2.05) is 60.7 Å². The molecule has 0 bridgehead atoms. The van der Waals surface area contributed by atoms with E-state index in [9.17, 15) is 15.3 Å². The highest BCUT2D eigenvalue weighted by molar-refractivity contribution is 5.14. The van der Waals surface area contributed by atoms with Crippen LogP contribution in [-0.4, -0.2) is 52.6 Å². The van der Waals surface area contributed by atoms with Gasteiger partial charge >= 0.3 is 0 Å². The van der Waals surface area contributed by atoms with Crippen molar-refractivity contribution in [3.8, 4) is 0 Å². The van der Waals surface area contributed by atoms with E-state index in [1.165, 1.54) is 0 Å². The maximum atomic E-state index is 10.5. The first-order valence-corrected chi connectivity index (χ1v) is 8.62. The second-order valence-corrected chi connectivity index (χ2v) is 6.26. The molecule has 6 nitrogen and oxygen atoms in total. The van der Waals surface area contributed by atoms with Crippen molar-refractivity contribution in [2.45, 2.75) is 43.9 Å². The Kier molecular flexibility index (Phi) is 6.73. The number of aliphatic hydroxyl groups excluding tert-OH is 3. The van der Waals surface area contributed by atoms with Crippen LogP contribution in [0.15, 0.2) is 60.7 Å². The summed E-state index contributed by atoms with van der Waals surface area (Å²) in [6.07, 6.45) is -5.06. The van der Waals surface area contributed by atoms with Gasteiger partial charge in [-0.3, -0.25) is 0 Å². The van der Waals surface area contributed by atoms with E-state index < -0.39 is 37.3 Å². The summed E-state index contributed by atoms with van der Waals surface area (Å²) in [7, 11) is 0. The number of aliphatic hydroxyl groups is 3. The molecule has 0 aliphatic carbocycles. The van der Waals surface area contributed by atoms with Crippen molar-refractivity contribution in [2.24, 2.45) is 0 Å². The number of benzene rings is 2. The average Bonchev–Trinajstić information content (AvgIpc) is 2.69. The van der Waals surface area contributed by atoms with Gasteiger partial charge in [0.2, 0.25) is 0 Å². The molecule has 1 heterocycles. The molecule has 0 aromatic heterocycles. The fraction of sp³-hybridized carbons (Fsp3) is 0.400. The van der Waals surface area contributed by atoms with Gasteiger partial charge < -0.3 is 29.5 Å². The smallest absolute Gasteiger partial charge is 0.184 e. The highest BCUT2D eigenvalue weighted by atomic mass is 16.7. The maximum Gasteiger partial charge on any atom is 0.184 e. The molecule has 5 atom stereocenters. The number of hydrogen-bond donors (Lipinski definition) is 3. The Morgan fingerprint density at radius 2 is 1.27 bits per heavy atom. The summed E-state index contributed by atoms with van der Waals surface area (Å²) in [5, 5.41) is 30.2. The van der Waals surface area contributed by atoms with Crippen LogP contribution in [0.3, 0.4) is 0 Å².